The third-order valence-electron chi connectivity index (χ3n) is 5.74. The highest BCUT2D eigenvalue weighted by atomic mass is 16.3. The first kappa shape index (κ1) is 19.4. The van der Waals surface area contributed by atoms with Gasteiger partial charge in [0, 0.05) is 29.5 Å². The number of nitrogens with one attached hydrogen (secondary N) is 1. The van der Waals surface area contributed by atoms with Gasteiger partial charge in [0.05, 0.1) is 5.52 Å². The number of aromatic hydroxyl groups is 1. The smallest absolute Gasteiger partial charge is 0.172 e. The average molecular weight is 389 g/mol. The quantitative estimate of drug-likeness (QED) is 0.425. The van der Waals surface area contributed by atoms with E-state index in [1.54, 1.807) is 12.3 Å². The maximum Gasteiger partial charge on any atom is 0.172 e. The predicted molar refractivity (Wildman–Crippen MR) is 116 cm³/mol. The van der Waals surface area contributed by atoms with Crippen molar-refractivity contribution in [3.63, 3.8) is 0 Å². The van der Waals surface area contributed by atoms with Crippen molar-refractivity contribution >= 4 is 22.9 Å². The molecule has 2 N–H and O–H groups in total. The van der Waals surface area contributed by atoms with Gasteiger partial charge in [-0.2, -0.15) is 0 Å². The van der Waals surface area contributed by atoms with E-state index in [-0.39, 0.29) is 11.4 Å². The summed E-state index contributed by atoms with van der Waals surface area (Å²) in [7, 11) is 0. The number of carbonyl (C=O) groups is 1. The molecule has 2 aromatic heterocycles. The van der Waals surface area contributed by atoms with Crippen LogP contribution in [0.25, 0.3) is 10.9 Å². The summed E-state index contributed by atoms with van der Waals surface area (Å²) in [4.78, 5) is 19.7. The Labute approximate surface area is 171 Å². The van der Waals surface area contributed by atoms with E-state index in [1.807, 2.05) is 0 Å². The summed E-state index contributed by atoms with van der Waals surface area (Å²) in [5.74, 6) is 0.0236. The molecule has 0 fully saturated rings. The Morgan fingerprint density at radius 2 is 1.93 bits per heavy atom. The van der Waals surface area contributed by atoms with Crippen molar-refractivity contribution in [2.24, 2.45) is 0 Å². The van der Waals surface area contributed by atoms with E-state index >= 15 is 0 Å². The number of carbonyl (C=O) groups excluding carboxylic acids is 1. The first-order chi connectivity index (χ1) is 14.3. The minimum Gasteiger partial charge on any atom is -0.505 e. The van der Waals surface area contributed by atoms with Gasteiger partial charge < -0.3 is 10.4 Å². The van der Waals surface area contributed by atoms with Crippen LogP contribution in [0.3, 0.4) is 0 Å². The predicted octanol–water partition coefficient (Wildman–Crippen LogP) is 4.85. The molecule has 0 bridgehead atoms. The molecule has 0 aliphatic heterocycles. The minimum atomic E-state index is 0.0236. The van der Waals surface area contributed by atoms with Gasteiger partial charge in [-0.15, -0.1) is 0 Å². The molecule has 29 heavy (non-hydrogen) atoms. The maximum atomic E-state index is 10.9. The molecule has 150 valence electrons. The molecular weight excluding hydrogens is 362 g/mol. The number of anilines is 1. The van der Waals surface area contributed by atoms with Crippen molar-refractivity contribution in [1.82, 2.24) is 9.97 Å². The molecule has 5 heteroatoms. The SMILES string of the molecule is O=Cc1nccc(CCCCCNc2c3c(nc4ccccc24)CCCC3)c1O. The normalized spacial score (nSPS) is 13.2. The zero-order valence-electron chi connectivity index (χ0n) is 16.7. The molecule has 0 radical (unpaired) electrons. The third-order valence-corrected chi connectivity index (χ3v) is 5.74. The van der Waals surface area contributed by atoms with Crippen LogP contribution >= 0.6 is 0 Å². The van der Waals surface area contributed by atoms with Crippen LogP contribution in [0.2, 0.25) is 0 Å². The van der Waals surface area contributed by atoms with Crippen molar-refractivity contribution in [3.8, 4) is 5.75 Å². The standard InChI is InChI=1S/C24H27N3O2/c28-16-22-24(29)17(13-15-25-22)8-2-1-7-14-26-23-18-9-3-5-11-20(18)27-21-12-6-4-10-19(21)23/h3,5,9,11,13,15-16,29H,1-2,4,6-8,10,12,14H2,(H,26,27). The Bertz CT molecular complexity index is 1020. The van der Waals surface area contributed by atoms with Crippen LogP contribution in [0.15, 0.2) is 36.5 Å². The molecule has 0 unspecified atom stereocenters. The molecule has 0 saturated carbocycles. The molecule has 5 nitrogen and oxygen atoms in total. The molecule has 2 heterocycles. The number of aryl methyl sites for hydroxylation is 2. The first-order valence-electron chi connectivity index (χ1n) is 10.5. The first-order valence-corrected chi connectivity index (χ1v) is 10.5. The number of unbranched alkanes of at least 4 members (excludes halogenated alkanes) is 2. The van der Waals surface area contributed by atoms with Crippen molar-refractivity contribution < 1.29 is 9.90 Å². The van der Waals surface area contributed by atoms with E-state index < -0.39 is 0 Å². The number of hydrogen-bond donors (Lipinski definition) is 2. The van der Waals surface area contributed by atoms with Gasteiger partial charge in [0.1, 0.15) is 11.4 Å². The number of benzene rings is 1. The number of rotatable bonds is 8. The molecule has 0 saturated heterocycles. The number of fused-ring (bicyclic) bond motifs is 2. The molecule has 3 aromatic rings. The number of para-hydroxylation sites is 1. The lowest BCUT2D eigenvalue weighted by Gasteiger charge is -2.21. The Kier molecular flexibility index (Phi) is 6.03. The molecule has 1 aliphatic rings. The lowest BCUT2D eigenvalue weighted by atomic mass is 9.92. The Morgan fingerprint density at radius 3 is 2.83 bits per heavy atom. The third kappa shape index (κ3) is 4.24. The van der Waals surface area contributed by atoms with Gasteiger partial charge >= 0.3 is 0 Å². The summed E-state index contributed by atoms with van der Waals surface area (Å²) in [5.41, 5.74) is 5.93. The molecule has 0 spiro atoms. The Hall–Kier alpha value is -2.95. The van der Waals surface area contributed by atoms with E-state index in [2.05, 4.69) is 34.6 Å². The molecule has 0 amide bonds. The second kappa shape index (κ2) is 9.03. The van der Waals surface area contributed by atoms with Gasteiger partial charge in [-0.05, 0) is 68.2 Å². The largest absolute Gasteiger partial charge is 0.505 e. The number of nitrogens with zero attached hydrogens (tertiary/aromatic N) is 2. The van der Waals surface area contributed by atoms with Crippen LogP contribution in [0.1, 0.15) is 59.4 Å². The summed E-state index contributed by atoms with van der Waals surface area (Å²) in [5, 5.41) is 15.0. The fourth-order valence-electron chi connectivity index (χ4n) is 4.21. The molecule has 4 rings (SSSR count). The highest BCUT2D eigenvalue weighted by molar-refractivity contribution is 5.93. The summed E-state index contributed by atoms with van der Waals surface area (Å²) < 4.78 is 0. The van der Waals surface area contributed by atoms with Gasteiger partial charge in [0.25, 0.3) is 0 Å². The fraction of sp³-hybridized carbons (Fsp3) is 0.375. The Balaban J connectivity index is 1.35. The lowest BCUT2D eigenvalue weighted by Crippen LogP contribution is -2.12. The number of aldehydes is 1. The van der Waals surface area contributed by atoms with Gasteiger partial charge in [-0.1, -0.05) is 24.6 Å². The van der Waals surface area contributed by atoms with Crippen molar-refractivity contribution in [1.29, 1.82) is 0 Å². The molecule has 0 atom stereocenters. The van der Waals surface area contributed by atoms with Crippen LogP contribution in [0, 0.1) is 0 Å². The van der Waals surface area contributed by atoms with Crippen LogP contribution < -0.4 is 5.32 Å². The number of pyridine rings is 2. The van der Waals surface area contributed by atoms with Crippen molar-refractivity contribution in [3.05, 3.63) is 59.0 Å². The number of hydrogen-bond acceptors (Lipinski definition) is 5. The highest BCUT2D eigenvalue weighted by Crippen LogP contribution is 2.33. The van der Waals surface area contributed by atoms with Crippen LogP contribution in [0.5, 0.6) is 5.75 Å². The topological polar surface area (TPSA) is 75.1 Å². The lowest BCUT2D eigenvalue weighted by molar-refractivity contribution is 0.111. The highest BCUT2D eigenvalue weighted by Gasteiger charge is 2.17. The molecular formula is C24H27N3O2. The van der Waals surface area contributed by atoms with Gasteiger partial charge in [0.15, 0.2) is 6.29 Å². The monoisotopic (exact) mass is 389 g/mol. The summed E-state index contributed by atoms with van der Waals surface area (Å²) >= 11 is 0. The molecule has 1 aliphatic carbocycles. The van der Waals surface area contributed by atoms with E-state index in [0.29, 0.717) is 6.29 Å². The van der Waals surface area contributed by atoms with Crippen LogP contribution in [0.4, 0.5) is 5.69 Å². The summed E-state index contributed by atoms with van der Waals surface area (Å²) in [6, 6.07) is 10.2. The second-order valence-electron chi connectivity index (χ2n) is 7.70. The maximum absolute atomic E-state index is 10.9. The Morgan fingerprint density at radius 1 is 1.07 bits per heavy atom. The van der Waals surface area contributed by atoms with E-state index in [9.17, 15) is 9.90 Å². The van der Waals surface area contributed by atoms with Gasteiger partial charge in [0.2, 0.25) is 0 Å². The summed E-state index contributed by atoms with van der Waals surface area (Å²) in [6.45, 7) is 0.919. The molecule has 1 aromatic carbocycles. The van der Waals surface area contributed by atoms with Gasteiger partial charge in [-0.3, -0.25) is 9.78 Å². The zero-order valence-corrected chi connectivity index (χ0v) is 16.7. The summed E-state index contributed by atoms with van der Waals surface area (Å²) in [6.07, 6.45) is 10.7. The second-order valence-corrected chi connectivity index (χ2v) is 7.70. The number of aromatic nitrogens is 2. The van der Waals surface area contributed by atoms with Crippen LogP contribution in [-0.2, 0) is 19.3 Å². The van der Waals surface area contributed by atoms with E-state index in [0.717, 1.165) is 56.1 Å². The van der Waals surface area contributed by atoms with E-state index in [1.165, 1.54) is 35.2 Å². The minimum absolute atomic E-state index is 0.0236. The van der Waals surface area contributed by atoms with Crippen LogP contribution in [-0.4, -0.2) is 27.9 Å². The average Bonchev–Trinajstić information content (AvgIpc) is 2.76. The van der Waals surface area contributed by atoms with E-state index in [4.69, 9.17) is 4.98 Å². The fourth-order valence-corrected chi connectivity index (χ4v) is 4.21. The van der Waals surface area contributed by atoms with Crippen molar-refractivity contribution in [2.75, 3.05) is 11.9 Å². The zero-order chi connectivity index (χ0) is 20.1. The van der Waals surface area contributed by atoms with Crippen molar-refractivity contribution in [2.45, 2.75) is 51.4 Å². The van der Waals surface area contributed by atoms with Gasteiger partial charge in [-0.25, -0.2) is 4.98 Å².